The Morgan fingerprint density at radius 2 is 1.74 bits per heavy atom. The molecule has 1 aliphatic rings. The molecule has 2 aromatic rings. The van der Waals surface area contributed by atoms with Crippen LogP contribution in [0.1, 0.15) is 42.6 Å². The Bertz CT molecular complexity index is 705. The van der Waals surface area contributed by atoms with Gasteiger partial charge in [-0.1, -0.05) is 44.2 Å². The Labute approximate surface area is 162 Å². The van der Waals surface area contributed by atoms with E-state index in [1.165, 1.54) is 5.56 Å². The second-order valence-corrected chi connectivity index (χ2v) is 7.72. The van der Waals surface area contributed by atoms with Crippen LogP contribution in [-0.4, -0.2) is 36.6 Å². The number of para-hydroxylation sites is 1. The molecule has 1 aliphatic heterocycles. The largest absolute Gasteiger partial charge is 0.378 e. The highest BCUT2D eigenvalue weighted by atomic mass is 16.5. The van der Waals surface area contributed by atoms with Crippen LogP contribution in [0, 0.1) is 5.92 Å². The molecule has 0 radical (unpaired) electrons. The molecule has 3 rings (SSSR count). The number of hydrogen-bond donors (Lipinski definition) is 1. The van der Waals surface area contributed by atoms with Crippen molar-refractivity contribution in [1.29, 1.82) is 0 Å². The van der Waals surface area contributed by atoms with E-state index in [1.807, 2.05) is 42.5 Å². The van der Waals surface area contributed by atoms with Crippen molar-refractivity contribution in [3.63, 3.8) is 0 Å². The molecule has 4 nitrogen and oxygen atoms in total. The molecule has 1 heterocycles. The number of carbonyl (C=O) groups excluding carboxylic acids is 1. The summed E-state index contributed by atoms with van der Waals surface area (Å²) in [5, 5.41) is 2.92. The molecule has 0 atom stereocenters. The molecular weight excluding hydrogens is 336 g/mol. The minimum Gasteiger partial charge on any atom is -0.378 e. The van der Waals surface area contributed by atoms with Gasteiger partial charge < -0.3 is 10.1 Å². The predicted octanol–water partition coefficient (Wildman–Crippen LogP) is 4.58. The number of rotatable bonds is 7. The third-order valence-electron chi connectivity index (χ3n) is 4.85. The Balaban J connectivity index is 1.46. The van der Waals surface area contributed by atoms with Gasteiger partial charge in [0.15, 0.2) is 0 Å². The highest BCUT2D eigenvalue weighted by Gasteiger charge is 2.20. The zero-order valence-electron chi connectivity index (χ0n) is 16.4. The van der Waals surface area contributed by atoms with E-state index in [1.54, 1.807) is 0 Å². The summed E-state index contributed by atoms with van der Waals surface area (Å²) in [5.41, 5.74) is 2.74. The molecule has 4 heteroatoms. The average molecular weight is 367 g/mol. The van der Waals surface area contributed by atoms with Crippen molar-refractivity contribution in [2.75, 3.05) is 25.0 Å². The summed E-state index contributed by atoms with van der Waals surface area (Å²) in [4.78, 5) is 14.8. The van der Waals surface area contributed by atoms with Crippen molar-refractivity contribution < 1.29 is 9.53 Å². The predicted molar refractivity (Wildman–Crippen MR) is 110 cm³/mol. The molecule has 27 heavy (non-hydrogen) atoms. The van der Waals surface area contributed by atoms with Gasteiger partial charge in [0.2, 0.25) is 0 Å². The lowest BCUT2D eigenvalue weighted by Crippen LogP contribution is -2.37. The van der Waals surface area contributed by atoms with Crippen molar-refractivity contribution in [1.82, 2.24) is 4.90 Å². The number of anilines is 1. The van der Waals surface area contributed by atoms with Crippen LogP contribution in [0.4, 0.5) is 5.69 Å². The van der Waals surface area contributed by atoms with E-state index in [4.69, 9.17) is 4.74 Å². The topological polar surface area (TPSA) is 41.6 Å². The van der Waals surface area contributed by atoms with Crippen LogP contribution in [0.25, 0.3) is 0 Å². The van der Waals surface area contributed by atoms with Gasteiger partial charge in [-0.15, -0.1) is 0 Å². The van der Waals surface area contributed by atoms with Crippen molar-refractivity contribution in [3.05, 3.63) is 65.7 Å². The lowest BCUT2D eigenvalue weighted by molar-refractivity contribution is -0.00584. The van der Waals surface area contributed by atoms with Gasteiger partial charge in [0, 0.05) is 37.5 Å². The van der Waals surface area contributed by atoms with E-state index in [0.29, 0.717) is 17.6 Å². The van der Waals surface area contributed by atoms with E-state index in [2.05, 4.69) is 36.2 Å². The van der Waals surface area contributed by atoms with Crippen LogP contribution < -0.4 is 5.32 Å². The van der Waals surface area contributed by atoms with Crippen molar-refractivity contribution in [2.24, 2.45) is 5.92 Å². The SMILES string of the molecule is CC(C)COC1CCN(Cc2ccc(C(=O)Nc3ccccc3)cc2)CC1. The first kappa shape index (κ1) is 19.6. The van der Waals surface area contributed by atoms with E-state index in [9.17, 15) is 4.79 Å². The zero-order chi connectivity index (χ0) is 19.1. The Morgan fingerprint density at radius 1 is 1.07 bits per heavy atom. The third-order valence-corrected chi connectivity index (χ3v) is 4.85. The van der Waals surface area contributed by atoms with E-state index in [0.717, 1.165) is 44.8 Å². The quantitative estimate of drug-likeness (QED) is 0.780. The van der Waals surface area contributed by atoms with Gasteiger partial charge in [0.05, 0.1) is 6.10 Å². The molecule has 0 aliphatic carbocycles. The average Bonchev–Trinajstić information content (AvgIpc) is 2.69. The van der Waals surface area contributed by atoms with Gasteiger partial charge in [0.1, 0.15) is 0 Å². The molecule has 0 saturated carbocycles. The summed E-state index contributed by atoms with van der Waals surface area (Å²) in [6.45, 7) is 8.31. The van der Waals surface area contributed by atoms with Gasteiger partial charge in [-0.3, -0.25) is 9.69 Å². The van der Waals surface area contributed by atoms with Gasteiger partial charge >= 0.3 is 0 Å². The summed E-state index contributed by atoms with van der Waals surface area (Å²) in [6, 6.07) is 17.5. The van der Waals surface area contributed by atoms with Crippen molar-refractivity contribution in [2.45, 2.75) is 39.3 Å². The van der Waals surface area contributed by atoms with Crippen LogP contribution in [0.2, 0.25) is 0 Å². The number of carbonyl (C=O) groups is 1. The summed E-state index contributed by atoms with van der Waals surface area (Å²) < 4.78 is 5.96. The Morgan fingerprint density at radius 3 is 2.37 bits per heavy atom. The highest BCUT2D eigenvalue weighted by molar-refractivity contribution is 6.04. The Kier molecular flexibility index (Phi) is 7.02. The van der Waals surface area contributed by atoms with Crippen LogP contribution in [0.5, 0.6) is 0 Å². The normalized spacial score (nSPS) is 15.8. The molecule has 2 aromatic carbocycles. The lowest BCUT2D eigenvalue weighted by atomic mass is 10.1. The molecule has 1 fully saturated rings. The maximum Gasteiger partial charge on any atom is 0.255 e. The third kappa shape index (κ3) is 6.19. The highest BCUT2D eigenvalue weighted by Crippen LogP contribution is 2.18. The second-order valence-electron chi connectivity index (χ2n) is 7.72. The minimum absolute atomic E-state index is 0.0733. The van der Waals surface area contributed by atoms with Crippen LogP contribution in [0.3, 0.4) is 0 Å². The summed E-state index contributed by atoms with van der Waals surface area (Å²) in [5.74, 6) is 0.525. The number of ether oxygens (including phenoxy) is 1. The Hall–Kier alpha value is -2.17. The van der Waals surface area contributed by atoms with Crippen LogP contribution in [-0.2, 0) is 11.3 Å². The van der Waals surface area contributed by atoms with Crippen LogP contribution >= 0.6 is 0 Å². The monoisotopic (exact) mass is 366 g/mol. The maximum atomic E-state index is 12.3. The summed E-state index contributed by atoms with van der Waals surface area (Å²) >= 11 is 0. The zero-order valence-corrected chi connectivity index (χ0v) is 16.4. The second kappa shape index (κ2) is 9.67. The smallest absolute Gasteiger partial charge is 0.255 e. The molecule has 144 valence electrons. The first-order valence-corrected chi connectivity index (χ1v) is 9.89. The van der Waals surface area contributed by atoms with Crippen molar-refractivity contribution >= 4 is 11.6 Å². The molecular formula is C23H30N2O2. The first-order chi connectivity index (χ1) is 13.1. The fourth-order valence-corrected chi connectivity index (χ4v) is 3.31. The summed E-state index contributed by atoms with van der Waals surface area (Å²) in [7, 11) is 0. The van der Waals surface area contributed by atoms with Gasteiger partial charge in [-0.25, -0.2) is 0 Å². The fraction of sp³-hybridized carbons (Fsp3) is 0.435. The number of nitrogens with one attached hydrogen (secondary N) is 1. The molecule has 1 N–H and O–H groups in total. The summed E-state index contributed by atoms with van der Waals surface area (Å²) in [6.07, 6.45) is 2.61. The van der Waals surface area contributed by atoms with E-state index < -0.39 is 0 Å². The van der Waals surface area contributed by atoms with Gasteiger partial charge in [-0.05, 0) is 48.6 Å². The number of likely N-dealkylation sites (tertiary alicyclic amines) is 1. The van der Waals surface area contributed by atoms with Crippen LogP contribution in [0.15, 0.2) is 54.6 Å². The van der Waals surface area contributed by atoms with Gasteiger partial charge in [0.25, 0.3) is 5.91 Å². The van der Waals surface area contributed by atoms with Gasteiger partial charge in [-0.2, -0.15) is 0 Å². The number of nitrogens with zero attached hydrogens (tertiary/aromatic N) is 1. The minimum atomic E-state index is -0.0733. The number of benzene rings is 2. The van der Waals surface area contributed by atoms with Crippen molar-refractivity contribution in [3.8, 4) is 0 Å². The van der Waals surface area contributed by atoms with E-state index >= 15 is 0 Å². The molecule has 1 saturated heterocycles. The molecule has 0 aromatic heterocycles. The standard InChI is InChI=1S/C23H30N2O2/c1-18(2)17-27-22-12-14-25(15-13-22)16-19-8-10-20(11-9-19)23(26)24-21-6-4-3-5-7-21/h3-11,18,22H,12-17H2,1-2H3,(H,24,26). The number of hydrogen-bond acceptors (Lipinski definition) is 3. The van der Waals surface area contributed by atoms with E-state index in [-0.39, 0.29) is 5.91 Å². The molecule has 0 unspecified atom stereocenters. The lowest BCUT2D eigenvalue weighted by Gasteiger charge is -2.32. The number of piperidine rings is 1. The molecule has 1 amide bonds. The number of amides is 1. The molecule has 0 bridgehead atoms. The fourth-order valence-electron chi connectivity index (χ4n) is 3.31. The molecule has 0 spiro atoms. The first-order valence-electron chi connectivity index (χ1n) is 9.89. The maximum absolute atomic E-state index is 12.3.